The zero-order valence-corrected chi connectivity index (χ0v) is 24.2. The Morgan fingerprint density at radius 3 is 2.10 bits per heavy atom. The lowest BCUT2D eigenvalue weighted by Gasteiger charge is -2.42. The molecule has 0 aliphatic carbocycles. The van der Waals surface area contributed by atoms with Gasteiger partial charge in [-0.05, 0) is 31.9 Å². The maximum Gasteiger partial charge on any atom is 0.508 e. The number of carbonyl (C=O) groups is 1. The normalized spacial score (nSPS) is 22.0. The predicted octanol–water partition coefficient (Wildman–Crippen LogP) is 4.92. The van der Waals surface area contributed by atoms with Crippen LogP contribution >= 0.6 is 11.8 Å². The minimum Gasteiger partial charge on any atom is -0.425 e. The van der Waals surface area contributed by atoms with Gasteiger partial charge in [-0.3, -0.25) is 0 Å². The molecule has 1 heterocycles. The fourth-order valence-corrected chi connectivity index (χ4v) is 5.03. The Balaban J connectivity index is 1.88. The minimum atomic E-state index is -4.99. The van der Waals surface area contributed by atoms with Crippen molar-refractivity contribution in [3.05, 3.63) is 71.8 Å². The fourth-order valence-electron chi connectivity index (χ4n) is 4.02. The highest BCUT2D eigenvalue weighted by atomic mass is 32.2. The number of alkyl halides is 3. The summed E-state index contributed by atoms with van der Waals surface area (Å²) in [4.78, 5) is 13.7. The molecule has 2 aromatic carbocycles. The molecule has 5 unspecified atom stereocenters. The Morgan fingerprint density at radius 1 is 1.07 bits per heavy atom. The Kier molecular flexibility index (Phi) is 11.4. The van der Waals surface area contributed by atoms with Crippen LogP contribution in [0.4, 0.5) is 18.0 Å². The molecule has 8 nitrogen and oxygen atoms in total. The van der Waals surface area contributed by atoms with Gasteiger partial charge in [0.15, 0.2) is 12.8 Å². The smallest absolute Gasteiger partial charge is 0.425 e. The van der Waals surface area contributed by atoms with Crippen LogP contribution in [0.2, 0.25) is 0 Å². The monoisotopic (exact) mass is 597 g/mol. The quantitative estimate of drug-likeness (QED) is 0.263. The largest absolute Gasteiger partial charge is 0.508 e. The average Bonchev–Trinajstić information content (AvgIpc) is 2.92. The van der Waals surface area contributed by atoms with Crippen LogP contribution in [-0.2, 0) is 32.2 Å². The molecular formula is C29H36F3N2O6S+. The van der Waals surface area contributed by atoms with Gasteiger partial charge in [-0.25, -0.2) is 4.67 Å². The maximum absolute atomic E-state index is 13.9. The van der Waals surface area contributed by atoms with E-state index in [0.717, 1.165) is 27.8 Å². The molecule has 0 saturated carbocycles. The van der Waals surface area contributed by atoms with E-state index in [-0.39, 0.29) is 24.8 Å². The number of amidine groups is 1. The third-order valence-corrected chi connectivity index (χ3v) is 7.17. The molecule has 5 atom stereocenters. The van der Waals surface area contributed by atoms with Crippen molar-refractivity contribution in [1.82, 2.24) is 9.57 Å². The van der Waals surface area contributed by atoms with Gasteiger partial charge in [0.1, 0.15) is 23.2 Å². The summed E-state index contributed by atoms with van der Waals surface area (Å²) in [5, 5.41) is 10.4. The molecular weight excluding hydrogens is 561 g/mol. The Bertz CT molecular complexity index is 1170. The van der Waals surface area contributed by atoms with Crippen LogP contribution in [0.5, 0.6) is 0 Å². The average molecular weight is 598 g/mol. The molecule has 224 valence electrons. The van der Waals surface area contributed by atoms with Crippen molar-refractivity contribution in [2.75, 3.05) is 7.05 Å². The van der Waals surface area contributed by atoms with Crippen molar-refractivity contribution in [3.63, 3.8) is 0 Å². The van der Waals surface area contributed by atoms with Crippen molar-refractivity contribution >= 4 is 29.7 Å². The molecule has 0 bridgehead atoms. The number of nitrogens with zero attached hydrogens (tertiary/aromatic N) is 2. The van der Waals surface area contributed by atoms with E-state index in [0.29, 0.717) is 0 Å². The van der Waals surface area contributed by atoms with Crippen molar-refractivity contribution in [2.24, 2.45) is 0 Å². The van der Waals surface area contributed by atoms with E-state index < -0.39 is 47.7 Å². The van der Waals surface area contributed by atoms with Crippen LogP contribution in [0.25, 0.3) is 0 Å². The Hall–Kier alpha value is -2.86. The number of ether oxygens (including phenoxy) is 4. The van der Waals surface area contributed by atoms with E-state index in [9.17, 15) is 23.1 Å². The van der Waals surface area contributed by atoms with Crippen LogP contribution < -0.4 is 4.67 Å². The summed E-state index contributed by atoms with van der Waals surface area (Å²) in [6.07, 6.45) is -12.5. The summed E-state index contributed by atoms with van der Waals surface area (Å²) in [5.41, 5.74) is -0.246. The number of halogens is 3. The molecule has 2 aromatic rings. The molecule has 3 rings (SSSR count). The highest BCUT2D eigenvalue weighted by Crippen LogP contribution is 2.37. The van der Waals surface area contributed by atoms with Crippen LogP contribution in [0.15, 0.2) is 60.7 Å². The number of amides is 1. The van der Waals surface area contributed by atoms with Crippen molar-refractivity contribution in [3.8, 4) is 0 Å². The lowest BCUT2D eigenvalue weighted by Crippen LogP contribution is -2.58. The first kappa shape index (κ1) is 32.7. The summed E-state index contributed by atoms with van der Waals surface area (Å²) in [6.45, 7) is 8.66. The van der Waals surface area contributed by atoms with Crippen LogP contribution in [0.3, 0.4) is 0 Å². The van der Waals surface area contributed by atoms with Gasteiger partial charge in [0.2, 0.25) is 0 Å². The number of rotatable bonds is 8. The standard InChI is InChI=1S/C29H36F3N2O6S/c1-28(2,3)40-27(36)34(5)26(33-4)41-22-16-21(37-17-19-12-8-6-9-13-19)23(24(39-22)25(35)29(30,31)32)38-18-20-14-10-7-11-15-20/h6-15,21-25,35H,4,16-18H2,1-3,5H3/q+1. The number of hydrogen-bond acceptors (Lipinski definition) is 7. The molecule has 1 aliphatic heterocycles. The molecule has 1 aliphatic rings. The summed E-state index contributed by atoms with van der Waals surface area (Å²) in [5.74, 6) is 0. The number of carbonyl (C=O) groups excluding carboxylic acids is 1. The van der Waals surface area contributed by atoms with E-state index in [2.05, 4.69) is 11.4 Å². The van der Waals surface area contributed by atoms with Crippen LogP contribution in [0.1, 0.15) is 38.3 Å². The molecule has 0 aromatic heterocycles. The van der Waals surface area contributed by atoms with Gasteiger partial charge in [0.25, 0.3) is 0 Å². The second-order valence-corrected chi connectivity index (χ2v) is 11.6. The summed E-state index contributed by atoms with van der Waals surface area (Å²) in [7, 11) is 1.41. The SMILES string of the molecule is C=[N+]=C(SC1CC(OCc2ccccc2)C(OCc2ccccc2)C(C(O)C(F)(F)F)O1)N(C)C(=O)OC(C)(C)C. The Labute approximate surface area is 242 Å². The second kappa shape index (κ2) is 14.4. The summed E-state index contributed by atoms with van der Waals surface area (Å²) < 4.78 is 68.7. The van der Waals surface area contributed by atoms with E-state index >= 15 is 0 Å². The number of hydrogen-bond donors (Lipinski definition) is 1. The fraction of sp³-hybridized carbons (Fsp3) is 0.483. The summed E-state index contributed by atoms with van der Waals surface area (Å²) >= 11 is 0.878. The van der Waals surface area contributed by atoms with Crippen LogP contribution in [0, 0.1) is 0 Å². The lowest BCUT2D eigenvalue weighted by atomic mass is 9.97. The van der Waals surface area contributed by atoms with Crippen molar-refractivity contribution in [2.45, 2.75) is 82.0 Å². The van der Waals surface area contributed by atoms with Gasteiger partial charge in [0.05, 0.1) is 26.4 Å². The van der Waals surface area contributed by atoms with E-state index in [4.69, 9.17) is 18.9 Å². The first-order valence-corrected chi connectivity index (χ1v) is 13.8. The highest BCUT2D eigenvalue weighted by Gasteiger charge is 2.53. The Morgan fingerprint density at radius 2 is 1.61 bits per heavy atom. The second-order valence-electron chi connectivity index (χ2n) is 10.4. The highest BCUT2D eigenvalue weighted by molar-refractivity contribution is 8.14. The third kappa shape index (κ3) is 9.88. The van der Waals surface area contributed by atoms with E-state index in [1.807, 2.05) is 36.4 Å². The maximum atomic E-state index is 13.9. The molecule has 12 heteroatoms. The van der Waals surface area contributed by atoms with E-state index in [1.54, 1.807) is 45.0 Å². The zero-order valence-electron chi connectivity index (χ0n) is 23.4. The van der Waals surface area contributed by atoms with Crippen molar-refractivity contribution in [1.29, 1.82) is 0 Å². The van der Waals surface area contributed by atoms with Crippen LogP contribution in [-0.4, -0.2) is 76.7 Å². The predicted molar refractivity (Wildman–Crippen MR) is 151 cm³/mol. The molecule has 1 saturated heterocycles. The first-order valence-electron chi connectivity index (χ1n) is 13.0. The van der Waals surface area contributed by atoms with Gasteiger partial charge >= 0.3 is 17.4 Å². The minimum absolute atomic E-state index is 0.0219. The molecule has 0 spiro atoms. The van der Waals surface area contributed by atoms with Gasteiger partial charge in [-0.15, -0.1) is 4.90 Å². The molecule has 0 radical (unpaired) electrons. The molecule has 1 N–H and O–H groups in total. The van der Waals surface area contributed by atoms with Gasteiger partial charge in [-0.1, -0.05) is 60.7 Å². The number of aliphatic hydroxyl groups is 1. The van der Waals surface area contributed by atoms with Crippen molar-refractivity contribution < 1.29 is 42.0 Å². The lowest BCUT2D eigenvalue weighted by molar-refractivity contribution is -0.281. The molecule has 41 heavy (non-hydrogen) atoms. The van der Waals surface area contributed by atoms with Gasteiger partial charge in [0, 0.05) is 18.2 Å². The van der Waals surface area contributed by atoms with Gasteiger partial charge < -0.3 is 24.1 Å². The third-order valence-electron chi connectivity index (χ3n) is 5.99. The topological polar surface area (TPSA) is 91.6 Å². The molecule has 1 fully saturated rings. The molecule has 1 amide bonds. The number of thioether (sulfide) groups is 1. The van der Waals surface area contributed by atoms with Gasteiger partial charge in [-0.2, -0.15) is 18.0 Å². The summed E-state index contributed by atoms with van der Waals surface area (Å²) in [6, 6.07) is 18.1. The number of benzene rings is 2. The zero-order chi connectivity index (χ0) is 30.2. The number of aliphatic hydroxyl groups excluding tert-OH is 1. The van der Waals surface area contributed by atoms with E-state index in [1.165, 1.54) is 7.05 Å². The first-order chi connectivity index (χ1) is 19.3.